The minimum atomic E-state index is -0.164. The molecule has 0 unspecified atom stereocenters. The molecule has 0 radical (unpaired) electrons. The van der Waals surface area contributed by atoms with Crippen molar-refractivity contribution >= 4 is 28.2 Å². The van der Waals surface area contributed by atoms with E-state index < -0.39 is 0 Å². The molecule has 6 heteroatoms. The van der Waals surface area contributed by atoms with Crippen LogP contribution in [-0.4, -0.2) is 31.0 Å². The van der Waals surface area contributed by atoms with Crippen LogP contribution < -0.4 is 16.0 Å². The molecule has 100 valence electrons. The Balaban J connectivity index is 2.71. The Labute approximate surface area is 112 Å². The van der Waals surface area contributed by atoms with Gasteiger partial charge in [0.25, 0.3) is 5.91 Å². The third kappa shape index (κ3) is 3.73. The Kier molecular flexibility index (Phi) is 5.64. The number of hydrogen-bond donors (Lipinski definition) is 2. The van der Waals surface area contributed by atoms with Gasteiger partial charge in [-0.2, -0.15) is 0 Å². The molecule has 0 atom stereocenters. The molecule has 1 aromatic heterocycles. The molecule has 1 rings (SSSR count). The lowest BCUT2D eigenvalue weighted by Gasteiger charge is -2.13. The van der Waals surface area contributed by atoms with Gasteiger partial charge in [-0.1, -0.05) is 24.3 Å². The average molecular weight is 268 g/mol. The minimum Gasteiger partial charge on any atom is -0.382 e. The van der Waals surface area contributed by atoms with E-state index in [4.69, 9.17) is 5.73 Å². The maximum absolute atomic E-state index is 11.9. The lowest BCUT2D eigenvalue weighted by Crippen LogP contribution is -2.24. The first-order valence-corrected chi connectivity index (χ1v) is 6.78. The van der Waals surface area contributed by atoms with Crippen molar-refractivity contribution in [1.29, 1.82) is 0 Å². The van der Waals surface area contributed by atoms with Gasteiger partial charge < -0.3 is 16.0 Å². The van der Waals surface area contributed by atoms with Gasteiger partial charge in [-0.15, -0.1) is 6.58 Å². The van der Waals surface area contributed by atoms with Gasteiger partial charge in [0.1, 0.15) is 10.7 Å². The van der Waals surface area contributed by atoms with Crippen LogP contribution in [0.3, 0.4) is 0 Å². The van der Waals surface area contributed by atoms with Gasteiger partial charge in [0, 0.05) is 20.1 Å². The lowest BCUT2D eigenvalue weighted by molar-refractivity contribution is 0.0959. The molecule has 0 bridgehead atoms. The van der Waals surface area contributed by atoms with Gasteiger partial charge >= 0.3 is 0 Å². The highest BCUT2D eigenvalue weighted by molar-refractivity contribution is 7.18. The summed E-state index contributed by atoms with van der Waals surface area (Å²) in [5.41, 5.74) is 5.77. The first kappa shape index (κ1) is 14.5. The van der Waals surface area contributed by atoms with Crippen LogP contribution >= 0.6 is 11.3 Å². The fourth-order valence-electron chi connectivity index (χ4n) is 1.45. The molecule has 0 fully saturated rings. The van der Waals surface area contributed by atoms with Crippen LogP contribution in [0.25, 0.3) is 0 Å². The number of carbonyl (C=O) groups is 1. The predicted molar refractivity (Wildman–Crippen MR) is 77.2 cm³/mol. The Morgan fingerprint density at radius 3 is 3.00 bits per heavy atom. The second kappa shape index (κ2) is 7.00. The summed E-state index contributed by atoms with van der Waals surface area (Å²) in [6.45, 7) is 7.16. The first-order valence-electron chi connectivity index (χ1n) is 5.96. The second-order valence-corrected chi connectivity index (χ2v) is 4.94. The molecule has 1 amide bonds. The van der Waals surface area contributed by atoms with E-state index in [2.05, 4.69) is 23.8 Å². The summed E-state index contributed by atoms with van der Waals surface area (Å²) in [5.74, 6) is 0.136. The summed E-state index contributed by atoms with van der Waals surface area (Å²) < 4.78 is 0. The van der Waals surface area contributed by atoms with Crippen molar-refractivity contribution in [2.45, 2.75) is 19.8 Å². The maximum atomic E-state index is 11.9. The SMILES string of the molecule is C=CCCNC(=O)c1sc(N(C)CCC)nc1N. The largest absolute Gasteiger partial charge is 0.382 e. The number of nitrogen functional groups attached to an aromatic ring is 1. The minimum absolute atomic E-state index is 0.164. The summed E-state index contributed by atoms with van der Waals surface area (Å²) in [6.07, 6.45) is 3.53. The number of nitrogens with zero attached hydrogens (tertiary/aromatic N) is 2. The summed E-state index contributed by atoms with van der Waals surface area (Å²) in [7, 11) is 1.95. The van der Waals surface area contributed by atoms with Crippen LogP contribution in [0.4, 0.5) is 10.9 Å². The molecule has 18 heavy (non-hydrogen) atoms. The van der Waals surface area contributed by atoms with Gasteiger partial charge in [-0.05, 0) is 12.8 Å². The van der Waals surface area contributed by atoms with E-state index in [-0.39, 0.29) is 5.91 Å². The van der Waals surface area contributed by atoms with E-state index in [1.165, 1.54) is 11.3 Å². The van der Waals surface area contributed by atoms with Crippen molar-refractivity contribution in [1.82, 2.24) is 10.3 Å². The monoisotopic (exact) mass is 268 g/mol. The maximum Gasteiger partial charge on any atom is 0.265 e. The van der Waals surface area contributed by atoms with Crippen LogP contribution in [-0.2, 0) is 0 Å². The average Bonchev–Trinajstić information content (AvgIpc) is 2.72. The molecule has 3 N–H and O–H groups in total. The van der Waals surface area contributed by atoms with E-state index in [0.717, 1.165) is 24.5 Å². The normalized spacial score (nSPS) is 10.1. The van der Waals surface area contributed by atoms with Crippen LogP contribution in [0.2, 0.25) is 0 Å². The zero-order valence-electron chi connectivity index (χ0n) is 10.9. The van der Waals surface area contributed by atoms with E-state index in [0.29, 0.717) is 17.2 Å². The van der Waals surface area contributed by atoms with Crippen molar-refractivity contribution in [2.75, 3.05) is 30.8 Å². The molecule has 0 aliphatic carbocycles. The molecular weight excluding hydrogens is 248 g/mol. The van der Waals surface area contributed by atoms with Gasteiger partial charge in [0.2, 0.25) is 0 Å². The molecule has 5 nitrogen and oxygen atoms in total. The molecule has 0 spiro atoms. The number of thiazole rings is 1. The molecule has 0 aromatic carbocycles. The first-order chi connectivity index (χ1) is 8.60. The highest BCUT2D eigenvalue weighted by atomic mass is 32.1. The van der Waals surface area contributed by atoms with Crippen molar-refractivity contribution < 1.29 is 4.79 Å². The lowest BCUT2D eigenvalue weighted by atomic mass is 10.4. The van der Waals surface area contributed by atoms with Crippen molar-refractivity contribution in [3.63, 3.8) is 0 Å². The van der Waals surface area contributed by atoms with Gasteiger partial charge in [-0.25, -0.2) is 4.98 Å². The highest BCUT2D eigenvalue weighted by Crippen LogP contribution is 2.27. The van der Waals surface area contributed by atoms with Crippen LogP contribution in [0.5, 0.6) is 0 Å². The van der Waals surface area contributed by atoms with Crippen molar-refractivity contribution in [2.24, 2.45) is 0 Å². The molecule has 1 heterocycles. The second-order valence-electron chi connectivity index (χ2n) is 3.97. The molecule has 0 saturated carbocycles. The Morgan fingerprint density at radius 1 is 1.67 bits per heavy atom. The van der Waals surface area contributed by atoms with E-state index in [1.807, 2.05) is 11.9 Å². The van der Waals surface area contributed by atoms with Crippen LogP contribution in [0, 0.1) is 0 Å². The van der Waals surface area contributed by atoms with E-state index in [1.54, 1.807) is 6.08 Å². The Morgan fingerprint density at radius 2 is 2.39 bits per heavy atom. The molecular formula is C12H20N4OS. The van der Waals surface area contributed by atoms with Crippen molar-refractivity contribution in [3.05, 3.63) is 17.5 Å². The van der Waals surface area contributed by atoms with Crippen molar-refractivity contribution in [3.8, 4) is 0 Å². The number of hydrogen-bond acceptors (Lipinski definition) is 5. The highest BCUT2D eigenvalue weighted by Gasteiger charge is 2.17. The van der Waals surface area contributed by atoms with Gasteiger partial charge in [0.15, 0.2) is 5.13 Å². The zero-order valence-corrected chi connectivity index (χ0v) is 11.7. The molecule has 0 saturated heterocycles. The Bertz CT molecular complexity index is 416. The summed E-state index contributed by atoms with van der Waals surface area (Å²) in [5, 5.41) is 3.57. The summed E-state index contributed by atoms with van der Waals surface area (Å²) >= 11 is 1.33. The quantitative estimate of drug-likeness (QED) is 0.585. The number of nitrogens with two attached hydrogens (primary N) is 1. The van der Waals surface area contributed by atoms with Crippen LogP contribution in [0.15, 0.2) is 12.7 Å². The molecule has 1 aromatic rings. The molecule has 0 aliphatic heterocycles. The fourth-order valence-corrected chi connectivity index (χ4v) is 2.33. The third-order valence-corrected chi connectivity index (χ3v) is 3.55. The van der Waals surface area contributed by atoms with E-state index >= 15 is 0 Å². The number of amides is 1. The smallest absolute Gasteiger partial charge is 0.265 e. The number of carbonyl (C=O) groups excluding carboxylic acids is 1. The number of anilines is 2. The van der Waals surface area contributed by atoms with Gasteiger partial charge in [0.05, 0.1) is 0 Å². The summed E-state index contributed by atoms with van der Waals surface area (Å²) in [6, 6.07) is 0. The zero-order chi connectivity index (χ0) is 13.5. The number of nitrogens with one attached hydrogen (secondary N) is 1. The number of rotatable bonds is 7. The van der Waals surface area contributed by atoms with Crippen LogP contribution in [0.1, 0.15) is 29.4 Å². The fraction of sp³-hybridized carbons (Fsp3) is 0.500. The predicted octanol–water partition coefficient (Wildman–Crippen LogP) is 1.88. The van der Waals surface area contributed by atoms with Gasteiger partial charge in [-0.3, -0.25) is 4.79 Å². The topological polar surface area (TPSA) is 71.2 Å². The molecule has 0 aliphatic rings. The number of aromatic nitrogens is 1. The standard InChI is InChI=1S/C12H20N4OS/c1-4-6-7-14-11(17)9-10(13)15-12(18-9)16(3)8-5-2/h4H,1,5-8,13H2,2-3H3,(H,14,17). The summed E-state index contributed by atoms with van der Waals surface area (Å²) in [4.78, 5) is 18.6. The van der Waals surface area contributed by atoms with E-state index in [9.17, 15) is 4.79 Å². The Hall–Kier alpha value is -1.56. The third-order valence-electron chi connectivity index (χ3n) is 2.37.